The molecule has 2 rings (SSSR count). The van der Waals surface area contributed by atoms with Gasteiger partial charge in [0, 0.05) is 13.1 Å². The Labute approximate surface area is 89.9 Å². The molecule has 1 unspecified atom stereocenters. The second-order valence-electron chi connectivity index (χ2n) is 4.34. The van der Waals surface area contributed by atoms with Crippen molar-refractivity contribution in [3.8, 4) is 0 Å². The summed E-state index contributed by atoms with van der Waals surface area (Å²) in [7, 11) is 0. The van der Waals surface area contributed by atoms with Crippen molar-refractivity contribution >= 4 is 0 Å². The lowest BCUT2D eigenvalue weighted by Crippen LogP contribution is -2.39. The van der Waals surface area contributed by atoms with Gasteiger partial charge in [-0.05, 0) is 42.9 Å². The average molecular weight is 208 g/mol. The van der Waals surface area contributed by atoms with Gasteiger partial charge in [-0.25, -0.2) is 9.40 Å². The predicted octanol–water partition coefficient (Wildman–Crippen LogP) is 2.19. The molecule has 2 N–H and O–H groups in total. The molecule has 0 aromatic heterocycles. The third-order valence-corrected chi connectivity index (χ3v) is 3.11. The van der Waals surface area contributed by atoms with E-state index in [4.69, 9.17) is 5.84 Å². The van der Waals surface area contributed by atoms with Gasteiger partial charge in [-0.15, -0.1) is 0 Å². The summed E-state index contributed by atoms with van der Waals surface area (Å²) < 4.78 is 13.1. The summed E-state index contributed by atoms with van der Waals surface area (Å²) in [4.78, 5) is 0. The molecule has 0 bridgehead atoms. The first kappa shape index (κ1) is 10.6. The van der Waals surface area contributed by atoms with Gasteiger partial charge in [0.25, 0.3) is 0 Å². The van der Waals surface area contributed by atoms with Crippen LogP contribution in [-0.4, -0.2) is 18.1 Å². The van der Waals surface area contributed by atoms with Crippen LogP contribution in [0.1, 0.15) is 29.9 Å². The number of aryl methyl sites for hydroxylation is 1. The minimum absolute atomic E-state index is 0.126. The van der Waals surface area contributed by atoms with Gasteiger partial charge in [-0.3, -0.25) is 5.84 Å². The zero-order valence-corrected chi connectivity index (χ0v) is 9.04. The fourth-order valence-corrected chi connectivity index (χ4v) is 2.20. The molecule has 1 saturated heterocycles. The van der Waals surface area contributed by atoms with E-state index in [1.807, 2.05) is 24.1 Å². The summed E-state index contributed by atoms with van der Waals surface area (Å²) >= 11 is 0. The van der Waals surface area contributed by atoms with Gasteiger partial charge in [0.05, 0.1) is 0 Å². The van der Waals surface area contributed by atoms with Gasteiger partial charge in [0.15, 0.2) is 0 Å². The lowest BCUT2D eigenvalue weighted by Gasteiger charge is -2.29. The molecular weight excluding hydrogens is 191 g/mol. The Balaban J connectivity index is 2.18. The van der Waals surface area contributed by atoms with E-state index in [9.17, 15) is 4.39 Å². The topological polar surface area (TPSA) is 29.3 Å². The summed E-state index contributed by atoms with van der Waals surface area (Å²) in [5.74, 6) is 6.13. The molecule has 0 spiro atoms. The summed E-state index contributed by atoms with van der Waals surface area (Å²) in [6, 6.07) is 5.38. The Morgan fingerprint density at radius 2 is 2.27 bits per heavy atom. The van der Waals surface area contributed by atoms with Crippen LogP contribution in [0.4, 0.5) is 4.39 Å². The van der Waals surface area contributed by atoms with E-state index in [2.05, 4.69) is 0 Å². The largest absolute Gasteiger partial charge is 0.269 e. The van der Waals surface area contributed by atoms with Crippen LogP contribution < -0.4 is 5.84 Å². The van der Waals surface area contributed by atoms with Crippen molar-refractivity contribution in [3.05, 3.63) is 35.1 Å². The van der Waals surface area contributed by atoms with E-state index < -0.39 is 0 Å². The zero-order chi connectivity index (χ0) is 10.8. The number of rotatable bonds is 1. The van der Waals surface area contributed by atoms with E-state index in [-0.39, 0.29) is 5.82 Å². The average Bonchev–Trinajstić information content (AvgIpc) is 2.22. The van der Waals surface area contributed by atoms with E-state index >= 15 is 0 Å². The maximum absolute atomic E-state index is 13.1. The molecule has 1 aliphatic rings. The third kappa shape index (κ3) is 2.36. The molecule has 1 heterocycles. The van der Waals surface area contributed by atoms with Gasteiger partial charge in [0.1, 0.15) is 5.82 Å². The minimum atomic E-state index is -0.126. The molecule has 2 nitrogen and oxygen atoms in total. The van der Waals surface area contributed by atoms with Crippen molar-refractivity contribution in [3.63, 3.8) is 0 Å². The number of nitrogens with zero attached hydrogens (tertiary/aromatic N) is 1. The molecule has 3 heteroatoms. The van der Waals surface area contributed by atoms with Gasteiger partial charge in [-0.1, -0.05) is 12.1 Å². The Morgan fingerprint density at radius 3 is 2.93 bits per heavy atom. The molecule has 1 atom stereocenters. The van der Waals surface area contributed by atoms with Crippen LogP contribution in [0, 0.1) is 12.7 Å². The molecule has 82 valence electrons. The van der Waals surface area contributed by atoms with Crippen LogP contribution in [0.3, 0.4) is 0 Å². The number of benzene rings is 1. The lowest BCUT2D eigenvalue weighted by atomic mass is 9.90. The zero-order valence-electron chi connectivity index (χ0n) is 9.04. The highest BCUT2D eigenvalue weighted by Gasteiger charge is 2.19. The van der Waals surface area contributed by atoms with E-state index in [1.165, 1.54) is 5.56 Å². The summed E-state index contributed by atoms with van der Waals surface area (Å²) in [5, 5.41) is 1.85. The first-order valence-electron chi connectivity index (χ1n) is 5.42. The van der Waals surface area contributed by atoms with Crippen molar-refractivity contribution in [2.24, 2.45) is 5.84 Å². The van der Waals surface area contributed by atoms with Crippen molar-refractivity contribution < 1.29 is 4.39 Å². The highest BCUT2D eigenvalue weighted by molar-refractivity contribution is 5.27. The Hall–Kier alpha value is -0.930. The van der Waals surface area contributed by atoms with E-state index in [0.717, 1.165) is 31.5 Å². The minimum Gasteiger partial charge on any atom is -0.269 e. The molecule has 1 aromatic carbocycles. The standard InChI is InChI=1S/C12H17FN2/c1-9-7-10(4-5-12(9)13)11-3-2-6-15(14)8-11/h4-5,7,11H,2-3,6,8,14H2,1H3. The van der Waals surface area contributed by atoms with E-state index in [1.54, 1.807) is 6.07 Å². The Kier molecular flexibility index (Phi) is 3.03. The van der Waals surface area contributed by atoms with Crippen LogP contribution in [0.25, 0.3) is 0 Å². The molecule has 15 heavy (non-hydrogen) atoms. The fraction of sp³-hybridized carbons (Fsp3) is 0.500. The first-order chi connectivity index (χ1) is 7.16. The fourth-order valence-electron chi connectivity index (χ4n) is 2.20. The number of piperidine rings is 1. The summed E-state index contributed by atoms with van der Waals surface area (Å²) in [6.07, 6.45) is 2.27. The molecule has 0 radical (unpaired) electrons. The quantitative estimate of drug-likeness (QED) is 0.717. The summed E-state index contributed by atoms with van der Waals surface area (Å²) in [5.41, 5.74) is 1.94. The van der Waals surface area contributed by atoms with Gasteiger partial charge < -0.3 is 0 Å². The maximum atomic E-state index is 13.1. The Morgan fingerprint density at radius 1 is 1.47 bits per heavy atom. The highest BCUT2D eigenvalue weighted by atomic mass is 19.1. The van der Waals surface area contributed by atoms with E-state index in [0.29, 0.717) is 5.92 Å². The van der Waals surface area contributed by atoms with Crippen molar-refractivity contribution in [1.82, 2.24) is 5.01 Å². The van der Waals surface area contributed by atoms with Crippen LogP contribution in [-0.2, 0) is 0 Å². The number of nitrogens with two attached hydrogens (primary N) is 1. The SMILES string of the molecule is Cc1cc(C2CCCN(N)C2)ccc1F. The van der Waals surface area contributed by atoms with Crippen molar-refractivity contribution in [2.75, 3.05) is 13.1 Å². The maximum Gasteiger partial charge on any atom is 0.126 e. The summed E-state index contributed by atoms with van der Waals surface area (Å²) in [6.45, 7) is 3.66. The normalized spacial score (nSPS) is 23.0. The molecular formula is C12H17FN2. The smallest absolute Gasteiger partial charge is 0.126 e. The molecule has 1 aromatic rings. The number of hydrazine groups is 1. The molecule has 0 aliphatic carbocycles. The van der Waals surface area contributed by atoms with Crippen LogP contribution in [0.5, 0.6) is 0 Å². The van der Waals surface area contributed by atoms with Gasteiger partial charge >= 0.3 is 0 Å². The molecule has 1 fully saturated rings. The number of hydrogen-bond acceptors (Lipinski definition) is 2. The monoisotopic (exact) mass is 208 g/mol. The van der Waals surface area contributed by atoms with Crippen molar-refractivity contribution in [2.45, 2.75) is 25.7 Å². The van der Waals surface area contributed by atoms with Crippen LogP contribution in [0.15, 0.2) is 18.2 Å². The Bertz CT molecular complexity index is 351. The molecule has 1 aliphatic heterocycles. The second-order valence-corrected chi connectivity index (χ2v) is 4.34. The highest BCUT2D eigenvalue weighted by Crippen LogP contribution is 2.26. The predicted molar refractivity (Wildman–Crippen MR) is 58.9 cm³/mol. The van der Waals surface area contributed by atoms with Gasteiger partial charge in [-0.2, -0.15) is 0 Å². The first-order valence-corrected chi connectivity index (χ1v) is 5.42. The molecule has 0 saturated carbocycles. The number of hydrogen-bond donors (Lipinski definition) is 1. The number of halogens is 1. The third-order valence-electron chi connectivity index (χ3n) is 3.11. The second kappa shape index (κ2) is 4.29. The van der Waals surface area contributed by atoms with Crippen LogP contribution >= 0.6 is 0 Å². The molecule has 0 amide bonds. The van der Waals surface area contributed by atoms with Crippen LogP contribution in [0.2, 0.25) is 0 Å². The lowest BCUT2D eigenvalue weighted by molar-refractivity contribution is 0.213. The van der Waals surface area contributed by atoms with Crippen molar-refractivity contribution in [1.29, 1.82) is 0 Å². The van der Waals surface area contributed by atoms with Gasteiger partial charge in [0.2, 0.25) is 0 Å².